The molecule has 134 valence electrons. The van der Waals surface area contributed by atoms with Crippen LogP contribution in [0, 0.1) is 5.82 Å². The SMILES string of the molecule is O=c1c(OCc2ccc(F)cc2)c(-c2ccc(Cl)cc2)oc2ccccc12. The second-order valence-corrected chi connectivity index (χ2v) is 6.44. The minimum absolute atomic E-state index is 0.111. The predicted molar refractivity (Wildman–Crippen MR) is 104 cm³/mol. The van der Waals surface area contributed by atoms with E-state index in [4.69, 9.17) is 20.8 Å². The van der Waals surface area contributed by atoms with E-state index in [2.05, 4.69) is 0 Å². The van der Waals surface area contributed by atoms with Crippen molar-refractivity contribution in [2.75, 3.05) is 0 Å². The van der Waals surface area contributed by atoms with E-state index in [0.29, 0.717) is 27.3 Å². The van der Waals surface area contributed by atoms with Crippen molar-refractivity contribution in [1.29, 1.82) is 0 Å². The zero-order chi connectivity index (χ0) is 18.8. The van der Waals surface area contributed by atoms with Gasteiger partial charge in [0.2, 0.25) is 11.2 Å². The molecule has 0 saturated carbocycles. The fraction of sp³-hybridized carbons (Fsp3) is 0.0455. The smallest absolute Gasteiger partial charge is 0.235 e. The zero-order valence-corrected chi connectivity index (χ0v) is 14.9. The van der Waals surface area contributed by atoms with E-state index in [1.165, 1.54) is 12.1 Å². The van der Waals surface area contributed by atoms with Gasteiger partial charge in [-0.3, -0.25) is 4.79 Å². The molecule has 3 nitrogen and oxygen atoms in total. The van der Waals surface area contributed by atoms with Crippen molar-refractivity contribution in [3.63, 3.8) is 0 Å². The highest BCUT2D eigenvalue weighted by atomic mass is 35.5. The van der Waals surface area contributed by atoms with Crippen LogP contribution in [0.1, 0.15) is 5.56 Å². The summed E-state index contributed by atoms with van der Waals surface area (Å²) in [6, 6.07) is 19.9. The number of halogens is 2. The Bertz CT molecular complexity index is 1150. The third kappa shape index (κ3) is 3.57. The lowest BCUT2D eigenvalue weighted by atomic mass is 10.1. The van der Waals surface area contributed by atoms with Gasteiger partial charge in [0, 0.05) is 10.6 Å². The Kier molecular flexibility index (Phi) is 4.65. The fourth-order valence-corrected chi connectivity index (χ4v) is 2.91. The number of para-hydroxylation sites is 1. The van der Waals surface area contributed by atoms with Gasteiger partial charge in [-0.2, -0.15) is 0 Å². The van der Waals surface area contributed by atoms with Crippen LogP contribution < -0.4 is 10.2 Å². The molecule has 0 fully saturated rings. The lowest BCUT2D eigenvalue weighted by Gasteiger charge is -2.12. The Morgan fingerprint density at radius 3 is 2.37 bits per heavy atom. The first kappa shape index (κ1) is 17.3. The minimum Gasteiger partial charge on any atom is -0.481 e. The Morgan fingerprint density at radius 1 is 0.926 bits per heavy atom. The zero-order valence-electron chi connectivity index (χ0n) is 14.1. The van der Waals surface area contributed by atoms with Gasteiger partial charge in [-0.1, -0.05) is 35.9 Å². The van der Waals surface area contributed by atoms with Crippen LogP contribution in [0.15, 0.2) is 82.0 Å². The van der Waals surface area contributed by atoms with Gasteiger partial charge < -0.3 is 9.15 Å². The predicted octanol–water partition coefficient (Wildman–Crippen LogP) is 5.83. The molecule has 5 heteroatoms. The second-order valence-electron chi connectivity index (χ2n) is 6.01. The van der Waals surface area contributed by atoms with Gasteiger partial charge in [-0.05, 0) is 54.1 Å². The number of rotatable bonds is 4. The molecule has 0 aliphatic rings. The molecule has 0 bridgehead atoms. The molecule has 27 heavy (non-hydrogen) atoms. The van der Waals surface area contributed by atoms with Gasteiger partial charge >= 0.3 is 0 Å². The number of benzene rings is 3. The first-order valence-corrected chi connectivity index (χ1v) is 8.68. The van der Waals surface area contributed by atoms with E-state index in [0.717, 1.165) is 5.56 Å². The summed E-state index contributed by atoms with van der Waals surface area (Å²) in [5, 5.41) is 1.01. The maximum absolute atomic E-state index is 13.1. The molecule has 0 saturated heterocycles. The molecule has 0 unspecified atom stereocenters. The summed E-state index contributed by atoms with van der Waals surface area (Å²) in [7, 11) is 0. The third-order valence-corrected chi connectivity index (χ3v) is 4.41. The normalized spacial score (nSPS) is 10.9. The van der Waals surface area contributed by atoms with Gasteiger partial charge in [0.25, 0.3) is 0 Å². The molecule has 1 aromatic heterocycles. The fourth-order valence-electron chi connectivity index (χ4n) is 2.78. The quantitative estimate of drug-likeness (QED) is 0.447. The standard InChI is InChI=1S/C22H14ClFO3/c23-16-9-7-15(8-10-16)21-22(26-13-14-5-11-17(24)12-6-14)20(25)18-3-1-2-4-19(18)27-21/h1-12H,13H2. The Morgan fingerprint density at radius 2 is 1.63 bits per heavy atom. The Balaban J connectivity index is 1.82. The highest BCUT2D eigenvalue weighted by Gasteiger charge is 2.17. The molecule has 4 rings (SSSR count). The Hall–Kier alpha value is -3.11. The molecule has 1 heterocycles. The van der Waals surface area contributed by atoms with Gasteiger partial charge in [0.1, 0.15) is 18.0 Å². The molecule has 0 atom stereocenters. The van der Waals surface area contributed by atoms with Crippen molar-refractivity contribution in [2.45, 2.75) is 6.61 Å². The second kappa shape index (κ2) is 7.25. The molecule has 0 radical (unpaired) electrons. The van der Waals surface area contributed by atoms with E-state index in [9.17, 15) is 9.18 Å². The van der Waals surface area contributed by atoms with E-state index >= 15 is 0 Å². The third-order valence-electron chi connectivity index (χ3n) is 4.16. The molecule has 0 amide bonds. The van der Waals surface area contributed by atoms with Crippen molar-refractivity contribution in [3.8, 4) is 17.1 Å². The molecular formula is C22H14ClFO3. The molecular weight excluding hydrogens is 367 g/mol. The van der Waals surface area contributed by atoms with E-state index in [-0.39, 0.29) is 23.6 Å². The average Bonchev–Trinajstić information content (AvgIpc) is 2.69. The largest absolute Gasteiger partial charge is 0.481 e. The summed E-state index contributed by atoms with van der Waals surface area (Å²) in [6.07, 6.45) is 0. The monoisotopic (exact) mass is 380 g/mol. The number of hydrogen-bond acceptors (Lipinski definition) is 3. The number of hydrogen-bond donors (Lipinski definition) is 0. The first-order chi connectivity index (χ1) is 13.1. The van der Waals surface area contributed by atoms with Crippen LogP contribution in [-0.2, 0) is 6.61 Å². The summed E-state index contributed by atoms with van der Waals surface area (Å²) in [5.74, 6) is 0.114. The molecule has 0 aliphatic heterocycles. The molecule has 0 N–H and O–H groups in total. The highest BCUT2D eigenvalue weighted by molar-refractivity contribution is 6.30. The van der Waals surface area contributed by atoms with Crippen molar-refractivity contribution >= 4 is 22.6 Å². The van der Waals surface area contributed by atoms with Gasteiger partial charge in [0.15, 0.2) is 5.76 Å². The van der Waals surface area contributed by atoms with Crippen LogP contribution in [0.25, 0.3) is 22.3 Å². The van der Waals surface area contributed by atoms with E-state index < -0.39 is 0 Å². The summed E-state index contributed by atoms with van der Waals surface area (Å²) in [6.45, 7) is 0.115. The molecule has 3 aromatic carbocycles. The lowest BCUT2D eigenvalue weighted by Crippen LogP contribution is -2.10. The van der Waals surface area contributed by atoms with Gasteiger partial charge in [0.05, 0.1) is 5.39 Å². The van der Waals surface area contributed by atoms with Crippen molar-refractivity contribution in [3.05, 3.63) is 99.4 Å². The van der Waals surface area contributed by atoms with E-state index in [1.807, 2.05) is 0 Å². The molecule has 0 spiro atoms. The van der Waals surface area contributed by atoms with Crippen LogP contribution >= 0.6 is 11.6 Å². The topological polar surface area (TPSA) is 39.4 Å². The van der Waals surface area contributed by atoms with Crippen LogP contribution in [-0.4, -0.2) is 0 Å². The average molecular weight is 381 g/mol. The van der Waals surface area contributed by atoms with Gasteiger partial charge in [-0.25, -0.2) is 4.39 Å². The highest BCUT2D eigenvalue weighted by Crippen LogP contribution is 2.32. The maximum atomic E-state index is 13.1. The van der Waals surface area contributed by atoms with Crippen LogP contribution in [0.3, 0.4) is 0 Å². The van der Waals surface area contributed by atoms with Crippen molar-refractivity contribution in [2.24, 2.45) is 0 Å². The first-order valence-electron chi connectivity index (χ1n) is 8.31. The summed E-state index contributed by atoms with van der Waals surface area (Å²) < 4.78 is 24.9. The summed E-state index contributed by atoms with van der Waals surface area (Å²) in [4.78, 5) is 13.0. The van der Waals surface area contributed by atoms with E-state index in [1.54, 1.807) is 60.7 Å². The Labute approximate surface area is 159 Å². The molecule has 0 aliphatic carbocycles. The molecule has 4 aromatic rings. The number of ether oxygens (including phenoxy) is 1. The maximum Gasteiger partial charge on any atom is 0.235 e. The van der Waals surface area contributed by atoms with Crippen LogP contribution in [0.4, 0.5) is 4.39 Å². The summed E-state index contributed by atoms with van der Waals surface area (Å²) in [5.41, 5.74) is 1.63. The number of fused-ring (bicyclic) bond motifs is 1. The van der Waals surface area contributed by atoms with Crippen LogP contribution in [0.5, 0.6) is 5.75 Å². The van der Waals surface area contributed by atoms with Gasteiger partial charge in [-0.15, -0.1) is 0 Å². The van der Waals surface area contributed by atoms with Crippen LogP contribution in [0.2, 0.25) is 5.02 Å². The summed E-state index contributed by atoms with van der Waals surface area (Å²) >= 11 is 5.96. The lowest BCUT2D eigenvalue weighted by molar-refractivity contribution is 0.297. The van der Waals surface area contributed by atoms with Crippen molar-refractivity contribution < 1.29 is 13.5 Å². The van der Waals surface area contributed by atoms with Crippen molar-refractivity contribution in [1.82, 2.24) is 0 Å². The minimum atomic E-state index is -0.328.